The lowest BCUT2D eigenvalue weighted by Crippen LogP contribution is -2.41. The quantitative estimate of drug-likeness (QED) is 0.878. The minimum atomic E-state index is -0.0404. The van der Waals surface area contributed by atoms with Crippen LogP contribution in [0.1, 0.15) is 34.3 Å². The maximum Gasteiger partial charge on any atom is 0.251 e. The van der Waals surface area contributed by atoms with Crippen molar-refractivity contribution in [2.45, 2.75) is 32.4 Å². The van der Waals surface area contributed by atoms with Gasteiger partial charge in [-0.3, -0.25) is 9.69 Å². The topological polar surface area (TPSA) is 44.4 Å². The number of nitrogens with one attached hydrogen (secondary N) is 2. The van der Waals surface area contributed by atoms with E-state index in [4.69, 9.17) is 0 Å². The van der Waals surface area contributed by atoms with Crippen molar-refractivity contribution in [3.8, 4) is 0 Å². The largest absolute Gasteiger partial charge is 0.381 e. The van der Waals surface area contributed by atoms with Crippen LogP contribution in [0.15, 0.2) is 48.5 Å². The molecule has 1 unspecified atom stereocenters. The van der Waals surface area contributed by atoms with Gasteiger partial charge in [0.2, 0.25) is 0 Å². The zero-order valence-corrected chi connectivity index (χ0v) is 15.1. The average molecular weight is 337 g/mol. The van der Waals surface area contributed by atoms with E-state index in [0.717, 1.165) is 30.9 Å². The second-order valence-corrected chi connectivity index (χ2v) is 6.81. The second kappa shape index (κ2) is 8.17. The molecule has 0 aliphatic carbocycles. The van der Waals surface area contributed by atoms with E-state index in [-0.39, 0.29) is 5.91 Å². The molecule has 4 heteroatoms. The zero-order valence-electron chi connectivity index (χ0n) is 15.1. The lowest BCUT2D eigenvalue weighted by molar-refractivity contribution is 0.0963. The smallest absolute Gasteiger partial charge is 0.251 e. The molecule has 4 nitrogen and oxygen atoms in total. The molecular formula is C21H27N3O. The molecular weight excluding hydrogens is 310 g/mol. The number of piperidine rings is 1. The highest BCUT2D eigenvalue weighted by Crippen LogP contribution is 2.21. The zero-order chi connectivity index (χ0) is 17.6. The molecule has 132 valence electrons. The summed E-state index contributed by atoms with van der Waals surface area (Å²) in [5, 5.41) is 6.35. The number of hydrogen-bond acceptors (Lipinski definition) is 3. The van der Waals surface area contributed by atoms with Crippen LogP contribution in [0.5, 0.6) is 0 Å². The molecule has 2 aromatic carbocycles. The van der Waals surface area contributed by atoms with Gasteiger partial charge in [-0.2, -0.15) is 0 Å². The number of nitrogens with zero attached hydrogens (tertiary/aromatic N) is 1. The molecule has 1 aliphatic heterocycles. The predicted octanol–water partition coefficient (Wildman–Crippen LogP) is 3.43. The Bertz CT molecular complexity index is 714. The van der Waals surface area contributed by atoms with E-state index in [0.29, 0.717) is 11.6 Å². The summed E-state index contributed by atoms with van der Waals surface area (Å²) >= 11 is 0. The summed E-state index contributed by atoms with van der Waals surface area (Å²) in [4.78, 5) is 14.3. The van der Waals surface area contributed by atoms with Crippen molar-refractivity contribution in [3.05, 3.63) is 65.2 Å². The third-order valence-electron chi connectivity index (χ3n) is 4.83. The Balaban J connectivity index is 1.61. The lowest BCUT2D eigenvalue weighted by atomic mass is 10.0. The highest BCUT2D eigenvalue weighted by Gasteiger charge is 2.20. The van der Waals surface area contributed by atoms with Crippen molar-refractivity contribution in [1.29, 1.82) is 0 Å². The Kier molecular flexibility index (Phi) is 5.71. The third-order valence-corrected chi connectivity index (χ3v) is 4.83. The van der Waals surface area contributed by atoms with Gasteiger partial charge in [-0.1, -0.05) is 30.3 Å². The van der Waals surface area contributed by atoms with Gasteiger partial charge in [-0.05, 0) is 55.6 Å². The number of anilines is 1. The molecule has 1 fully saturated rings. The van der Waals surface area contributed by atoms with Gasteiger partial charge in [0, 0.05) is 37.4 Å². The molecule has 0 saturated carbocycles. The number of benzene rings is 2. The molecule has 0 radical (unpaired) electrons. The van der Waals surface area contributed by atoms with Crippen molar-refractivity contribution >= 4 is 11.6 Å². The number of aryl methyl sites for hydroxylation is 1. The van der Waals surface area contributed by atoms with E-state index < -0.39 is 0 Å². The lowest BCUT2D eigenvalue weighted by Gasteiger charge is -2.34. The van der Waals surface area contributed by atoms with Crippen molar-refractivity contribution in [2.24, 2.45) is 0 Å². The maximum absolute atomic E-state index is 11.7. The number of hydrogen-bond donors (Lipinski definition) is 2. The maximum atomic E-state index is 11.7. The van der Waals surface area contributed by atoms with Crippen LogP contribution in [0, 0.1) is 6.92 Å². The third kappa shape index (κ3) is 4.60. The minimum absolute atomic E-state index is 0.0404. The number of likely N-dealkylation sites (tertiary alicyclic amines) is 1. The van der Waals surface area contributed by atoms with Crippen LogP contribution in [-0.4, -0.2) is 37.0 Å². The first-order valence-electron chi connectivity index (χ1n) is 9.01. The van der Waals surface area contributed by atoms with Gasteiger partial charge in [-0.25, -0.2) is 0 Å². The van der Waals surface area contributed by atoms with E-state index in [9.17, 15) is 4.79 Å². The van der Waals surface area contributed by atoms with Crippen molar-refractivity contribution in [2.75, 3.05) is 25.5 Å². The van der Waals surface area contributed by atoms with Gasteiger partial charge >= 0.3 is 0 Å². The van der Waals surface area contributed by atoms with Crippen LogP contribution < -0.4 is 10.6 Å². The van der Waals surface area contributed by atoms with Gasteiger partial charge in [0.05, 0.1) is 0 Å². The minimum Gasteiger partial charge on any atom is -0.381 e. The monoisotopic (exact) mass is 337 g/mol. The van der Waals surface area contributed by atoms with Crippen LogP contribution in [0.4, 0.5) is 5.69 Å². The summed E-state index contributed by atoms with van der Waals surface area (Å²) in [5.41, 5.74) is 4.31. The highest BCUT2D eigenvalue weighted by molar-refractivity contribution is 5.94. The molecule has 1 saturated heterocycles. The Morgan fingerprint density at radius 1 is 1.20 bits per heavy atom. The molecule has 1 atom stereocenters. The van der Waals surface area contributed by atoms with E-state index >= 15 is 0 Å². The average Bonchev–Trinajstić information content (AvgIpc) is 2.64. The molecule has 0 bridgehead atoms. The van der Waals surface area contributed by atoms with Crippen LogP contribution >= 0.6 is 0 Å². The second-order valence-electron chi connectivity index (χ2n) is 6.81. The van der Waals surface area contributed by atoms with Crippen molar-refractivity contribution in [3.63, 3.8) is 0 Å². The van der Waals surface area contributed by atoms with Gasteiger partial charge in [-0.15, -0.1) is 0 Å². The molecule has 2 N–H and O–H groups in total. The fourth-order valence-corrected chi connectivity index (χ4v) is 3.49. The van der Waals surface area contributed by atoms with Gasteiger partial charge < -0.3 is 10.6 Å². The van der Waals surface area contributed by atoms with E-state index in [1.54, 1.807) is 7.05 Å². The molecule has 25 heavy (non-hydrogen) atoms. The summed E-state index contributed by atoms with van der Waals surface area (Å²) in [5.74, 6) is -0.0404. The van der Waals surface area contributed by atoms with Crippen LogP contribution in [0.2, 0.25) is 0 Å². The summed E-state index contributed by atoms with van der Waals surface area (Å²) < 4.78 is 0. The summed E-state index contributed by atoms with van der Waals surface area (Å²) in [6, 6.07) is 17.0. The van der Waals surface area contributed by atoms with E-state index in [1.165, 1.54) is 18.4 Å². The van der Waals surface area contributed by atoms with Crippen molar-refractivity contribution < 1.29 is 4.79 Å². The Hall–Kier alpha value is -2.33. The fraction of sp³-hybridized carbons (Fsp3) is 0.381. The Labute approximate surface area is 150 Å². The number of rotatable bonds is 5. The summed E-state index contributed by atoms with van der Waals surface area (Å²) in [7, 11) is 1.66. The standard InChI is InChI=1S/C21H27N3O/c1-16-13-18(21(25)22-2)10-11-20(16)23-19-9-6-12-24(15-19)14-17-7-4-3-5-8-17/h3-5,7-8,10-11,13,19,23H,6,9,12,14-15H2,1-2H3,(H,22,25). The summed E-state index contributed by atoms with van der Waals surface area (Å²) in [6.45, 7) is 5.26. The predicted molar refractivity (Wildman–Crippen MR) is 103 cm³/mol. The molecule has 1 amide bonds. The van der Waals surface area contributed by atoms with Crippen LogP contribution in [0.25, 0.3) is 0 Å². The van der Waals surface area contributed by atoms with E-state index in [1.807, 2.05) is 18.2 Å². The van der Waals surface area contributed by atoms with Gasteiger partial charge in [0.1, 0.15) is 0 Å². The molecule has 3 rings (SSSR count). The highest BCUT2D eigenvalue weighted by atomic mass is 16.1. The SMILES string of the molecule is CNC(=O)c1ccc(NC2CCCN(Cc3ccccc3)C2)c(C)c1. The first kappa shape index (κ1) is 17.5. The molecule has 0 aromatic heterocycles. The number of carbonyl (C=O) groups is 1. The Morgan fingerprint density at radius 2 is 2.00 bits per heavy atom. The first-order chi connectivity index (χ1) is 12.2. The van der Waals surface area contributed by atoms with Gasteiger partial charge in [0.15, 0.2) is 0 Å². The number of carbonyl (C=O) groups excluding carboxylic acids is 1. The van der Waals surface area contributed by atoms with Crippen LogP contribution in [-0.2, 0) is 6.54 Å². The first-order valence-corrected chi connectivity index (χ1v) is 9.01. The number of amides is 1. The fourth-order valence-electron chi connectivity index (χ4n) is 3.49. The van der Waals surface area contributed by atoms with Gasteiger partial charge in [0.25, 0.3) is 5.91 Å². The molecule has 2 aromatic rings. The van der Waals surface area contributed by atoms with Crippen molar-refractivity contribution in [1.82, 2.24) is 10.2 Å². The summed E-state index contributed by atoms with van der Waals surface area (Å²) in [6.07, 6.45) is 2.39. The van der Waals surface area contributed by atoms with Crippen LogP contribution in [0.3, 0.4) is 0 Å². The Morgan fingerprint density at radius 3 is 2.72 bits per heavy atom. The molecule has 1 heterocycles. The molecule has 1 aliphatic rings. The van der Waals surface area contributed by atoms with E-state index in [2.05, 4.69) is 52.8 Å². The normalized spacial score (nSPS) is 17.9. The molecule has 0 spiro atoms.